The highest BCUT2D eigenvalue weighted by Gasteiger charge is 2.37. The molecule has 0 unspecified atom stereocenters. The Bertz CT molecular complexity index is 1020. The average Bonchev–Trinajstić information content (AvgIpc) is 2.71. The van der Waals surface area contributed by atoms with E-state index in [-0.39, 0.29) is 11.3 Å². The minimum atomic E-state index is -0.431. The molecule has 0 spiro atoms. The van der Waals surface area contributed by atoms with E-state index in [0.29, 0.717) is 34.3 Å². The summed E-state index contributed by atoms with van der Waals surface area (Å²) >= 11 is 1.42. The second kappa shape index (κ2) is 7.67. The van der Waals surface area contributed by atoms with Crippen molar-refractivity contribution in [3.05, 3.63) is 69.7 Å². The zero-order chi connectivity index (χ0) is 19.7. The van der Waals surface area contributed by atoms with E-state index in [1.54, 1.807) is 13.2 Å². The van der Waals surface area contributed by atoms with Crippen LogP contribution in [-0.4, -0.2) is 28.6 Å². The third-order valence-corrected chi connectivity index (χ3v) is 5.89. The molecule has 0 amide bonds. The molecule has 1 aromatic heterocycles. The topological polar surface area (TPSA) is 84.1 Å². The molecule has 1 aliphatic heterocycles. The molecular weight excluding hydrogens is 374 g/mol. The number of methoxy groups -OCH3 is 1. The zero-order valence-corrected chi connectivity index (χ0v) is 16.4. The second-order valence-corrected chi connectivity index (χ2v) is 7.74. The summed E-state index contributed by atoms with van der Waals surface area (Å²) in [5.74, 6) is 1.56. The number of aromatic nitrogens is 2. The summed E-state index contributed by atoms with van der Waals surface area (Å²) in [4.78, 5) is 33.3. The number of allylic oxidation sites excluding steroid dienone is 2. The van der Waals surface area contributed by atoms with Gasteiger partial charge in [0.25, 0.3) is 5.56 Å². The summed E-state index contributed by atoms with van der Waals surface area (Å²) in [6, 6.07) is 7.51. The van der Waals surface area contributed by atoms with Crippen LogP contribution in [0.4, 0.5) is 5.82 Å². The Balaban J connectivity index is 1.88. The number of carbonyl (C=O) groups excluding carboxylic acids is 1. The van der Waals surface area contributed by atoms with Crippen LogP contribution in [0, 0.1) is 0 Å². The van der Waals surface area contributed by atoms with Crippen LogP contribution in [0.25, 0.3) is 0 Å². The molecule has 2 N–H and O–H groups in total. The molecule has 2 heterocycles. The molecule has 0 radical (unpaired) electrons. The third-order valence-electron chi connectivity index (χ3n) is 5.02. The molecule has 1 atom stereocenters. The molecule has 0 bridgehead atoms. The van der Waals surface area contributed by atoms with Gasteiger partial charge in [-0.15, -0.1) is 6.58 Å². The highest BCUT2D eigenvalue weighted by Crippen LogP contribution is 2.43. The molecule has 0 fully saturated rings. The highest BCUT2D eigenvalue weighted by molar-refractivity contribution is 7.99. The number of ether oxygens (including phenoxy) is 1. The Labute approximate surface area is 167 Å². The molecule has 28 heavy (non-hydrogen) atoms. The number of benzene rings is 1. The summed E-state index contributed by atoms with van der Waals surface area (Å²) < 4.78 is 5.25. The van der Waals surface area contributed by atoms with Crippen LogP contribution >= 0.6 is 11.8 Å². The van der Waals surface area contributed by atoms with Crippen molar-refractivity contribution in [1.29, 1.82) is 0 Å². The van der Waals surface area contributed by atoms with E-state index in [9.17, 15) is 9.59 Å². The van der Waals surface area contributed by atoms with Crippen molar-refractivity contribution in [2.45, 2.75) is 30.3 Å². The summed E-state index contributed by atoms with van der Waals surface area (Å²) in [6.07, 6.45) is 3.84. The number of fused-ring (bicyclic) bond motifs is 1. The van der Waals surface area contributed by atoms with Gasteiger partial charge in [-0.25, -0.2) is 4.98 Å². The number of nitrogens with zero attached hydrogens (tertiary/aromatic N) is 1. The molecule has 4 rings (SSSR count). The molecule has 1 aliphatic carbocycles. The van der Waals surface area contributed by atoms with Gasteiger partial charge in [0.1, 0.15) is 11.6 Å². The zero-order valence-electron chi connectivity index (χ0n) is 15.6. The predicted molar refractivity (Wildman–Crippen MR) is 110 cm³/mol. The summed E-state index contributed by atoms with van der Waals surface area (Å²) in [7, 11) is 1.61. The fourth-order valence-corrected chi connectivity index (χ4v) is 4.37. The number of H-pyrrole nitrogens is 1. The Morgan fingerprint density at radius 2 is 2.07 bits per heavy atom. The Hall–Kier alpha value is -2.80. The maximum Gasteiger partial charge on any atom is 0.257 e. The van der Waals surface area contributed by atoms with Crippen molar-refractivity contribution in [1.82, 2.24) is 9.97 Å². The van der Waals surface area contributed by atoms with Crippen LogP contribution in [0.5, 0.6) is 5.75 Å². The molecule has 2 aliphatic rings. The van der Waals surface area contributed by atoms with E-state index in [1.165, 1.54) is 11.8 Å². The maximum atomic E-state index is 13.0. The number of ketones is 1. The summed E-state index contributed by atoms with van der Waals surface area (Å²) in [6.45, 7) is 3.70. The predicted octanol–water partition coefficient (Wildman–Crippen LogP) is 3.62. The monoisotopic (exact) mass is 395 g/mol. The number of Topliss-reactive ketones (excluding diaryl/α,β-unsaturated/α-hetero) is 1. The minimum Gasteiger partial charge on any atom is -0.497 e. The third kappa shape index (κ3) is 3.26. The number of rotatable bonds is 5. The number of hydrogen-bond acceptors (Lipinski definition) is 6. The van der Waals surface area contributed by atoms with Gasteiger partial charge in [-0.05, 0) is 30.5 Å². The Kier molecular flexibility index (Phi) is 5.09. The van der Waals surface area contributed by atoms with Gasteiger partial charge in [-0.2, -0.15) is 0 Å². The fourth-order valence-electron chi connectivity index (χ4n) is 3.78. The summed E-state index contributed by atoms with van der Waals surface area (Å²) in [5, 5.41) is 3.81. The smallest absolute Gasteiger partial charge is 0.257 e. The van der Waals surface area contributed by atoms with Crippen LogP contribution in [0.1, 0.15) is 36.3 Å². The minimum absolute atomic E-state index is 0.0877. The van der Waals surface area contributed by atoms with E-state index in [0.717, 1.165) is 29.9 Å². The first kappa shape index (κ1) is 18.6. The van der Waals surface area contributed by atoms with Gasteiger partial charge >= 0.3 is 0 Å². The number of anilines is 1. The number of carbonyl (C=O) groups is 1. The lowest BCUT2D eigenvalue weighted by molar-refractivity contribution is -0.116. The van der Waals surface area contributed by atoms with Gasteiger partial charge in [0.05, 0.1) is 12.7 Å². The van der Waals surface area contributed by atoms with E-state index in [4.69, 9.17) is 4.74 Å². The van der Waals surface area contributed by atoms with Gasteiger partial charge in [0, 0.05) is 29.4 Å². The van der Waals surface area contributed by atoms with Crippen LogP contribution in [0.15, 0.2) is 58.1 Å². The van der Waals surface area contributed by atoms with E-state index in [2.05, 4.69) is 21.9 Å². The van der Waals surface area contributed by atoms with Crippen molar-refractivity contribution >= 4 is 23.4 Å². The van der Waals surface area contributed by atoms with E-state index < -0.39 is 5.92 Å². The average molecular weight is 395 g/mol. The Morgan fingerprint density at radius 1 is 1.29 bits per heavy atom. The second-order valence-electron chi connectivity index (χ2n) is 6.73. The maximum absolute atomic E-state index is 13.0. The van der Waals surface area contributed by atoms with Crippen molar-refractivity contribution < 1.29 is 9.53 Å². The van der Waals surface area contributed by atoms with Crippen molar-refractivity contribution in [3.63, 3.8) is 0 Å². The van der Waals surface area contributed by atoms with Crippen molar-refractivity contribution in [2.24, 2.45) is 0 Å². The quantitative estimate of drug-likeness (QED) is 0.457. The highest BCUT2D eigenvalue weighted by atomic mass is 32.2. The molecule has 2 aromatic rings. The van der Waals surface area contributed by atoms with Gasteiger partial charge < -0.3 is 15.0 Å². The van der Waals surface area contributed by atoms with Crippen LogP contribution in [0.3, 0.4) is 0 Å². The van der Waals surface area contributed by atoms with Crippen LogP contribution < -0.4 is 15.6 Å². The lowest BCUT2D eigenvalue weighted by Crippen LogP contribution is -2.32. The molecular formula is C21H21N3O3S. The molecule has 0 saturated carbocycles. The van der Waals surface area contributed by atoms with E-state index in [1.807, 2.05) is 24.3 Å². The number of hydrogen-bond donors (Lipinski definition) is 2. The van der Waals surface area contributed by atoms with Crippen LogP contribution in [-0.2, 0) is 4.79 Å². The lowest BCUT2D eigenvalue weighted by atomic mass is 9.76. The van der Waals surface area contributed by atoms with E-state index >= 15 is 0 Å². The molecule has 0 saturated heterocycles. The van der Waals surface area contributed by atoms with Gasteiger partial charge in [-0.1, -0.05) is 30.0 Å². The fraction of sp³-hybridized carbons (Fsp3) is 0.286. The van der Waals surface area contributed by atoms with Gasteiger partial charge in [-0.3, -0.25) is 9.59 Å². The molecule has 144 valence electrons. The first-order valence-electron chi connectivity index (χ1n) is 9.17. The van der Waals surface area contributed by atoms with Crippen molar-refractivity contribution in [3.8, 4) is 5.75 Å². The standard InChI is InChI=1S/C21H21N3O3S/c1-3-11-28-21-23-19-18(20(26)24-21)16(12-7-9-13(27-2)10-8-12)17-14(22-19)5-4-6-15(17)25/h3,7-10,16H,1,4-6,11H2,2H3,(H2,22,23,24,26)/t16-/m0/s1. The Morgan fingerprint density at radius 3 is 2.79 bits per heavy atom. The van der Waals surface area contributed by atoms with Gasteiger partial charge in [0.15, 0.2) is 10.9 Å². The molecule has 6 nitrogen and oxygen atoms in total. The molecule has 7 heteroatoms. The number of thioether (sulfide) groups is 1. The van der Waals surface area contributed by atoms with Crippen molar-refractivity contribution in [2.75, 3.05) is 18.2 Å². The normalized spacial score (nSPS) is 18.2. The lowest BCUT2D eigenvalue weighted by Gasteiger charge is -2.32. The first-order valence-corrected chi connectivity index (χ1v) is 10.2. The number of nitrogens with one attached hydrogen (secondary N) is 2. The van der Waals surface area contributed by atoms with Gasteiger partial charge in [0.2, 0.25) is 0 Å². The summed E-state index contributed by atoms with van der Waals surface area (Å²) in [5.41, 5.74) is 2.70. The number of aromatic amines is 1. The first-order chi connectivity index (χ1) is 13.6. The van der Waals surface area contributed by atoms with Crippen LogP contribution in [0.2, 0.25) is 0 Å². The SMILES string of the molecule is C=CCSc1nc2c(c(=O)[nH]1)[C@@H](c1ccc(OC)cc1)C1=C(CCCC1=O)N2. The largest absolute Gasteiger partial charge is 0.497 e. The molecule has 1 aromatic carbocycles.